The summed E-state index contributed by atoms with van der Waals surface area (Å²) in [5, 5.41) is 9.74. The van der Waals surface area contributed by atoms with Gasteiger partial charge in [-0.1, -0.05) is 57.6 Å². The Morgan fingerprint density at radius 2 is 1.88 bits per heavy atom. The van der Waals surface area contributed by atoms with E-state index >= 15 is 0 Å². The Hall–Kier alpha value is -0.640. The second-order valence-corrected chi connectivity index (χ2v) is 9.66. The Morgan fingerprint density at radius 1 is 1.15 bits per heavy atom. The lowest BCUT2D eigenvalue weighted by Crippen LogP contribution is -2.23. The first-order chi connectivity index (χ1) is 12.3. The molecule has 152 valence electrons. The van der Waals surface area contributed by atoms with Gasteiger partial charge in [0.1, 0.15) is 0 Å². The zero-order valence-corrected chi connectivity index (χ0v) is 17.3. The Balaban J connectivity index is 2.84. The Labute approximate surface area is 158 Å². The number of allylic oxidation sites excluding steroid dienone is 1. The molecule has 0 saturated carbocycles. The Bertz CT molecular complexity index is 496. The molecule has 0 aromatic carbocycles. The highest BCUT2D eigenvalue weighted by molar-refractivity contribution is 7.52. The lowest BCUT2D eigenvalue weighted by atomic mass is 9.80. The molecular formula is C20H37O5P. The Kier molecular flexibility index (Phi) is 10.7. The van der Waals surface area contributed by atoms with Gasteiger partial charge in [-0.2, -0.15) is 0 Å². The highest BCUT2D eigenvalue weighted by atomic mass is 31.2. The minimum atomic E-state index is -4.14. The number of carboxylic acid groups (broad SMARTS) is 1. The van der Waals surface area contributed by atoms with Crippen LogP contribution in [0, 0.1) is 11.8 Å². The molecular weight excluding hydrogens is 351 g/mol. The maximum Gasteiger partial charge on any atom is 0.328 e. The van der Waals surface area contributed by atoms with E-state index in [-0.39, 0.29) is 5.92 Å². The van der Waals surface area contributed by atoms with Crippen molar-refractivity contribution in [2.45, 2.75) is 96.6 Å². The van der Waals surface area contributed by atoms with Crippen LogP contribution in [0.2, 0.25) is 0 Å². The van der Waals surface area contributed by atoms with Crippen LogP contribution in [0.3, 0.4) is 0 Å². The molecule has 26 heavy (non-hydrogen) atoms. The van der Waals surface area contributed by atoms with Crippen LogP contribution < -0.4 is 0 Å². The van der Waals surface area contributed by atoms with Gasteiger partial charge in [-0.25, -0.2) is 0 Å². The normalized spacial score (nSPS) is 18.8. The second-order valence-electron chi connectivity index (χ2n) is 7.75. The molecule has 3 atom stereocenters. The van der Waals surface area contributed by atoms with Crippen molar-refractivity contribution in [2.75, 3.05) is 0 Å². The van der Waals surface area contributed by atoms with Crippen LogP contribution in [0.15, 0.2) is 11.6 Å². The van der Waals surface area contributed by atoms with Crippen LogP contribution in [0.25, 0.3) is 0 Å². The molecule has 0 amide bonds. The molecule has 0 aromatic heterocycles. The van der Waals surface area contributed by atoms with Gasteiger partial charge in [0, 0.05) is 0 Å². The van der Waals surface area contributed by atoms with Crippen LogP contribution in [-0.4, -0.2) is 26.5 Å². The van der Waals surface area contributed by atoms with Crippen molar-refractivity contribution >= 4 is 13.6 Å². The summed E-state index contributed by atoms with van der Waals surface area (Å²) < 4.78 is 11.8. The first kappa shape index (κ1) is 23.4. The van der Waals surface area contributed by atoms with Crippen molar-refractivity contribution in [3.05, 3.63) is 11.6 Å². The molecule has 5 nitrogen and oxygen atoms in total. The van der Waals surface area contributed by atoms with Crippen molar-refractivity contribution in [2.24, 2.45) is 11.8 Å². The van der Waals surface area contributed by atoms with Crippen molar-refractivity contribution in [1.82, 2.24) is 0 Å². The predicted molar refractivity (Wildman–Crippen MR) is 105 cm³/mol. The molecule has 0 radical (unpaired) electrons. The molecule has 1 aliphatic rings. The number of aliphatic carboxylic acids is 1. The van der Waals surface area contributed by atoms with E-state index < -0.39 is 25.1 Å². The fourth-order valence-corrected chi connectivity index (χ4v) is 5.09. The first-order valence-corrected chi connectivity index (χ1v) is 11.9. The minimum Gasteiger partial charge on any atom is -0.481 e. The van der Waals surface area contributed by atoms with Crippen LogP contribution in [0.4, 0.5) is 0 Å². The van der Waals surface area contributed by atoms with E-state index in [0.717, 1.165) is 63.4 Å². The number of rotatable bonds is 13. The van der Waals surface area contributed by atoms with Gasteiger partial charge < -0.3 is 14.9 Å². The average Bonchev–Trinajstić information content (AvgIpc) is 2.59. The van der Waals surface area contributed by atoms with E-state index in [1.807, 2.05) is 0 Å². The summed E-state index contributed by atoms with van der Waals surface area (Å²) in [6, 6.07) is 0. The maximum absolute atomic E-state index is 11.9. The largest absolute Gasteiger partial charge is 0.481 e. The van der Waals surface area contributed by atoms with E-state index in [0.29, 0.717) is 19.3 Å². The van der Waals surface area contributed by atoms with Gasteiger partial charge in [-0.05, 0) is 50.9 Å². The van der Waals surface area contributed by atoms with Gasteiger partial charge in [0.2, 0.25) is 0 Å². The molecule has 0 bridgehead atoms. The van der Waals surface area contributed by atoms with Crippen molar-refractivity contribution in [3.63, 3.8) is 0 Å². The molecule has 0 saturated heterocycles. The monoisotopic (exact) mass is 388 g/mol. The highest BCUT2D eigenvalue weighted by Gasteiger charge is 2.33. The fraction of sp³-hybridized carbons (Fsp3) is 0.850. The SMILES string of the molecule is CCCCCCC(CC(C(=O)O)C1=CCCCC1)CC(CC)P(=O)(O)O. The van der Waals surface area contributed by atoms with Gasteiger partial charge in [-0.15, -0.1) is 0 Å². The Morgan fingerprint density at radius 3 is 2.38 bits per heavy atom. The van der Waals surface area contributed by atoms with Crippen LogP contribution in [0.5, 0.6) is 0 Å². The number of carboxylic acids is 1. The quantitative estimate of drug-likeness (QED) is 0.220. The van der Waals surface area contributed by atoms with Crippen molar-refractivity contribution in [1.29, 1.82) is 0 Å². The van der Waals surface area contributed by atoms with Crippen molar-refractivity contribution < 1.29 is 24.3 Å². The van der Waals surface area contributed by atoms with E-state index in [9.17, 15) is 24.3 Å². The molecule has 0 fully saturated rings. The summed E-state index contributed by atoms with van der Waals surface area (Å²) in [5.41, 5.74) is 0.361. The average molecular weight is 388 g/mol. The molecule has 1 rings (SSSR count). The summed E-state index contributed by atoms with van der Waals surface area (Å²) >= 11 is 0. The van der Waals surface area contributed by atoms with Gasteiger partial charge in [0.05, 0.1) is 11.6 Å². The van der Waals surface area contributed by atoms with Gasteiger partial charge in [0.25, 0.3) is 0 Å². The van der Waals surface area contributed by atoms with E-state index in [4.69, 9.17) is 0 Å². The molecule has 6 heteroatoms. The molecule has 0 aliphatic heterocycles. The highest BCUT2D eigenvalue weighted by Crippen LogP contribution is 2.47. The summed E-state index contributed by atoms with van der Waals surface area (Å²) in [5.74, 6) is -1.24. The fourth-order valence-electron chi connectivity index (χ4n) is 4.04. The number of hydrogen-bond acceptors (Lipinski definition) is 2. The van der Waals surface area contributed by atoms with Crippen LogP contribution in [0.1, 0.15) is 90.9 Å². The zero-order valence-electron chi connectivity index (χ0n) is 16.4. The standard InChI is InChI=1S/C20H37O5P/c1-3-5-6-8-11-16(14-18(4-2)26(23,24)25)15-19(20(21)22)17-12-9-7-10-13-17/h12,16,18-19H,3-11,13-15H2,1-2H3,(H,21,22)(H2,23,24,25). The molecule has 3 unspecified atom stereocenters. The third-order valence-electron chi connectivity index (χ3n) is 5.66. The molecule has 0 aromatic rings. The lowest BCUT2D eigenvalue weighted by molar-refractivity contribution is -0.141. The van der Waals surface area contributed by atoms with Crippen molar-refractivity contribution in [3.8, 4) is 0 Å². The molecule has 0 spiro atoms. The number of hydrogen-bond donors (Lipinski definition) is 3. The second kappa shape index (κ2) is 11.9. The number of unbranched alkanes of at least 4 members (excludes halogenated alkanes) is 3. The minimum absolute atomic E-state index is 0.0494. The number of carbonyl (C=O) groups is 1. The smallest absolute Gasteiger partial charge is 0.328 e. The molecule has 1 aliphatic carbocycles. The summed E-state index contributed by atoms with van der Waals surface area (Å²) in [6.07, 6.45) is 12.6. The lowest BCUT2D eigenvalue weighted by Gasteiger charge is -2.28. The van der Waals surface area contributed by atoms with E-state index in [1.54, 1.807) is 6.92 Å². The van der Waals surface area contributed by atoms with E-state index in [2.05, 4.69) is 13.0 Å². The third kappa shape index (κ3) is 8.37. The van der Waals surface area contributed by atoms with Crippen LogP contribution in [-0.2, 0) is 9.36 Å². The van der Waals surface area contributed by atoms with Crippen LogP contribution >= 0.6 is 7.60 Å². The third-order valence-corrected chi connectivity index (χ3v) is 7.19. The van der Waals surface area contributed by atoms with Gasteiger partial charge in [-0.3, -0.25) is 9.36 Å². The predicted octanol–water partition coefficient (Wildman–Crippen LogP) is 5.51. The molecule has 0 heterocycles. The summed E-state index contributed by atoms with van der Waals surface area (Å²) in [4.78, 5) is 31.1. The maximum atomic E-state index is 11.9. The van der Waals surface area contributed by atoms with Gasteiger partial charge >= 0.3 is 13.6 Å². The van der Waals surface area contributed by atoms with Gasteiger partial charge in [0.15, 0.2) is 0 Å². The molecule has 3 N–H and O–H groups in total. The summed E-state index contributed by atoms with van der Waals surface area (Å²) in [6.45, 7) is 3.95. The zero-order chi connectivity index (χ0) is 19.6. The summed E-state index contributed by atoms with van der Waals surface area (Å²) in [7, 11) is -4.14. The van der Waals surface area contributed by atoms with E-state index in [1.165, 1.54) is 0 Å². The first-order valence-electron chi connectivity index (χ1n) is 10.3. The topological polar surface area (TPSA) is 94.8 Å².